The first-order valence-electron chi connectivity index (χ1n) is 5.32. The third kappa shape index (κ3) is 2.13. The Labute approximate surface area is 105 Å². The average molecular weight is 247 g/mol. The standard InChI is InChI=1S/C14H15S2/c1-4-5-12(13-10(2)6-8-15-13)14-11(3)7-9-16-14/h5-9H,1,4H2,2-3H3. The lowest BCUT2D eigenvalue weighted by atomic mass is 10.1. The largest absolute Gasteiger partial charge is 0.144 e. The van der Waals surface area contributed by atoms with Gasteiger partial charge in [0.25, 0.3) is 0 Å². The fourth-order valence-electron chi connectivity index (χ4n) is 1.73. The minimum Gasteiger partial charge on any atom is -0.144 e. The van der Waals surface area contributed by atoms with E-state index in [1.807, 2.05) is 22.7 Å². The zero-order valence-corrected chi connectivity index (χ0v) is 11.3. The van der Waals surface area contributed by atoms with Crippen LogP contribution in [0.25, 0.3) is 5.57 Å². The van der Waals surface area contributed by atoms with Gasteiger partial charge in [-0.25, -0.2) is 0 Å². The van der Waals surface area contributed by atoms with Gasteiger partial charge in [-0.05, 0) is 61.2 Å². The molecule has 0 spiro atoms. The van der Waals surface area contributed by atoms with Gasteiger partial charge in [-0.2, -0.15) is 0 Å². The molecule has 83 valence electrons. The molecule has 0 atom stereocenters. The highest BCUT2D eigenvalue weighted by Crippen LogP contribution is 2.35. The Balaban J connectivity index is 2.52. The Hall–Kier alpha value is -0.860. The highest BCUT2D eigenvalue weighted by molar-refractivity contribution is 7.14. The normalized spacial score (nSPS) is 10.4. The first-order chi connectivity index (χ1) is 7.74. The molecule has 0 amide bonds. The summed E-state index contributed by atoms with van der Waals surface area (Å²) in [5.41, 5.74) is 4.07. The van der Waals surface area contributed by atoms with Crippen molar-refractivity contribution in [1.82, 2.24) is 0 Å². The van der Waals surface area contributed by atoms with Gasteiger partial charge in [0.15, 0.2) is 0 Å². The molecule has 0 aromatic carbocycles. The number of aryl methyl sites for hydroxylation is 2. The van der Waals surface area contributed by atoms with Gasteiger partial charge in [0.1, 0.15) is 0 Å². The van der Waals surface area contributed by atoms with Crippen LogP contribution in [0.3, 0.4) is 0 Å². The summed E-state index contributed by atoms with van der Waals surface area (Å²) < 4.78 is 0. The Kier molecular flexibility index (Phi) is 3.62. The quantitative estimate of drug-likeness (QED) is 0.709. The average Bonchev–Trinajstić information content (AvgIpc) is 2.84. The molecule has 2 heterocycles. The topological polar surface area (TPSA) is 0 Å². The van der Waals surface area contributed by atoms with E-state index in [0.717, 1.165) is 6.42 Å². The van der Waals surface area contributed by atoms with E-state index in [4.69, 9.17) is 0 Å². The maximum absolute atomic E-state index is 3.94. The summed E-state index contributed by atoms with van der Waals surface area (Å²) in [7, 11) is 0. The number of thiophene rings is 2. The fraction of sp³-hybridized carbons (Fsp3) is 0.214. The van der Waals surface area contributed by atoms with Crippen molar-refractivity contribution in [3.63, 3.8) is 0 Å². The van der Waals surface area contributed by atoms with Crippen LogP contribution in [0, 0.1) is 20.8 Å². The second kappa shape index (κ2) is 4.98. The van der Waals surface area contributed by atoms with Gasteiger partial charge in [0.2, 0.25) is 0 Å². The van der Waals surface area contributed by atoms with E-state index >= 15 is 0 Å². The number of allylic oxidation sites excluding steroid dienone is 1. The molecule has 0 aliphatic rings. The van der Waals surface area contributed by atoms with Gasteiger partial charge in [-0.3, -0.25) is 0 Å². The van der Waals surface area contributed by atoms with Crippen LogP contribution >= 0.6 is 22.7 Å². The first-order valence-corrected chi connectivity index (χ1v) is 7.08. The summed E-state index contributed by atoms with van der Waals surface area (Å²) in [5, 5.41) is 4.31. The highest BCUT2D eigenvalue weighted by atomic mass is 32.1. The summed E-state index contributed by atoms with van der Waals surface area (Å²) in [6, 6.07) is 4.36. The lowest BCUT2D eigenvalue weighted by Crippen LogP contribution is -1.86. The maximum Gasteiger partial charge on any atom is 0.0382 e. The van der Waals surface area contributed by atoms with Crippen LogP contribution in [0.1, 0.15) is 27.3 Å². The molecular formula is C14H15S2. The Morgan fingerprint density at radius 1 is 1.12 bits per heavy atom. The van der Waals surface area contributed by atoms with Crippen LogP contribution < -0.4 is 0 Å². The van der Waals surface area contributed by atoms with Crippen LogP contribution in [-0.2, 0) is 0 Å². The second-order valence-electron chi connectivity index (χ2n) is 3.77. The molecule has 0 nitrogen and oxygen atoms in total. The molecule has 0 aliphatic heterocycles. The van der Waals surface area contributed by atoms with E-state index in [1.54, 1.807) is 0 Å². The molecule has 16 heavy (non-hydrogen) atoms. The lowest BCUT2D eigenvalue weighted by Gasteiger charge is -2.06. The number of hydrogen-bond acceptors (Lipinski definition) is 2. The molecule has 0 bridgehead atoms. The summed E-state index contributed by atoms with van der Waals surface area (Å²) in [5.74, 6) is 0. The third-order valence-corrected chi connectivity index (χ3v) is 4.66. The smallest absolute Gasteiger partial charge is 0.0382 e. The minimum absolute atomic E-state index is 0.837. The SMILES string of the molecule is [CH2]CC=C(c1sccc1C)c1sccc1C. The number of rotatable bonds is 3. The van der Waals surface area contributed by atoms with Crippen LogP contribution in [0.5, 0.6) is 0 Å². The van der Waals surface area contributed by atoms with Crippen molar-refractivity contribution >= 4 is 28.2 Å². The molecule has 0 aliphatic carbocycles. The van der Waals surface area contributed by atoms with E-state index in [9.17, 15) is 0 Å². The highest BCUT2D eigenvalue weighted by Gasteiger charge is 2.12. The first kappa shape index (κ1) is 11.6. The number of hydrogen-bond donors (Lipinski definition) is 0. The van der Waals surface area contributed by atoms with Crippen molar-refractivity contribution in [1.29, 1.82) is 0 Å². The van der Waals surface area contributed by atoms with E-state index in [1.165, 1.54) is 26.5 Å². The molecular weight excluding hydrogens is 232 g/mol. The Morgan fingerprint density at radius 2 is 1.62 bits per heavy atom. The molecule has 0 saturated carbocycles. The molecule has 0 unspecified atom stereocenters. The van der Waals surface area contributed by atoms with Gasteiger partial charge in [0, 0.05) is 15.3 Å². The monoisotopic (exact) mass is 247 g/mol. The van der Waals surface area contributed by atoms with E-state index < -0.39 is 0 Å². The molecule has 1 radical (unpaired) electrons. The fourth-order valence-corrected chi connectivity index (χ4v) is 3.74. The zero-order valence-electron chi connectivity index (χ0n) is 9.62. The molecule has 2 heteroatoms. The predicted molar refractivity (Wildman–Crippen MR) is 75.2 cm³/mol. The van der Waals surface area contributed by atoms with Crippen LogP contribution in [-0.4, -0.2) is 0 Å². The van der Waals surface area contributed by atoms with Crippen molar-refractivity contribution in [2.24, 2.45) is 0 Å². The zero-order chi connectivity index (χ0) is 11.5. The lowest BCUT2D eigenvalue weighted by molar-refractivity contribution is 1.39. The minimum atomic E-state index is 0.837. The molecule has 0 saturated heterocycles. The van der Waals surface area contributed by atoms with Gasteiger partial charge in [-0.15, -0.1) is 22.7 Å². The molecule has 2 aromatic heterocycles. The van der Waals surface area contributed by atoms with Crippen molar-refractivity contribution in [3.8, 4) is 0 Å². The second-order valence-corrected chi connectivity index (χ2v) is 5.60. The van der Waals surface area contributed by atoms with Crippen LogP contribution in [0.2, 0.25) is 0 Å². The molecule has 2 rings (SSSR count). The van der Waals surface area contributed by atoms with Gasteiger partial charge in [0.05, 0.1) is 0 Å². The van der Waals surface area contributed by atoms with E-state index in [-0.39, 0.29) is 0 Å². The Bertz CT molecular complexity index is 458. The van der Waals surface area contributed by atoms with Crippen molar-refractivity contribution in [3.05, 3.63) is 56.8 Å². The van der Waals surface area contributed by atoms with Crippen molar-refractivity contribution in [2.45, 2.75) is 20.3 Å². The van der Waals surface area contributed by atoms with Crippen molar-refractivity contribution < 1.29 is 0 Å². The molecule has 0 fully saturated rings. The van der Waals surface area contributed by atoms with E-state index in [2.05, 4.69) is 49.7 Å². The summed E-state index contributed by atoms with van der Waals surface area (Å²) in [4.78, 5) is 2.77. The molecule has 0 N–H and O–H groups in total. The van der Waals surface area contributed by atoms with Gasteiger partial charge < -0.3 is 0 Å². The summed E-state index contributed by atoms with van der Waals surface area (Å²) in [6.07, 6.45) is 3.07. The van der Waals surface area contributed by atoms with E-state index in [0.29, 0.717) is 0 Å². The summed E-state index contributed by atoms with van der Waals surface area (Å²) >= 11 is 3.63. The van der Waals surface area contributed by atoms with Gasteiger partial charge in [-0.1, -0.05) is 6.08 Å². The van der Waals surface area contributed by atoms with Gasteiger partial charge >= 0.3 is 0 Å². The maximum atomic E-state index is 3.94. The van der Waals surface area contributed by atoms with Crippen molar-refractivity contribution in [2.75, 3.05) is 0 Å². The third-order valence-electron chi connectivity index (χ3n) is 2.56. The molecule has 2 aromatic rings. The Morgan fingerprint density at radius 3 is 1.94 bits per heavy atom. The van der Waals surface area contributed by atoms with Crippen LogP contribution in [0.4, 0.5) is 0 Å². The van der Waals surface area contributed by atoms with Crippen LogP contribution in [0.15, 0.2) is 29.0 Å². The summed E-state index contributed by atoms with van der Waals surface area (Å²) in [6.45, 7) is 8.28. The predicted octanol–water partition coefficient (Wildman–Crippen LogP) is 5.08.